The van der Waals surface area contributed by atoms with Crippen molar-refractivity contribution < 1.29 is 33.4 Å². The summed E-state index contributed by atoms with van der Waals surface area (Å²) >= 11 is 0. The van der Waals surface area contributed by atoms with Crippen LogP contribution in [0.3, 0.4) is 0 Å². The van der Waals surface area contributed by atoms with Crippen molar-refractivity contribution in [3.05, 3.63) is 59.4 Å². The fourth-order valence-corrected chi connectivity index (χ4v) is 2.89. The second-order valence-electron chi connectivity index (χ2n) is 7.63. The van der Waals surface area contributed by atoms with Gasteiger partial charge in [-0.3, -0.25) is 4.79 Å². The molecular formula is C22H26N2O7. The summed E-state index contributed by atoms with van der Waals surface area (Å²) in [6.07, 6.45) is 0.989. The maximum absolute atomic E-state index is 12.4. The number of carbonyl (C=O) groups excluding carboxylic acids is 4. The molecule has 2 aromatic rings. The Morgan fingerprint density at radius 1 is 1.00 bits per heavy atom. The molecular weight excluding hydrogens is 404 g/mol. The summed E-state index contributed by atoms with van der Waals surface area (Å²) < 4.78 is 16.1. The number of Topliss-reactive ketones (excluding diaryl/α,β-unsaturated/α-hetero) is 1. The number of ketones is 1. The fourth-order valence-electron chi connectivity index (χ4n) is 2.89. The van der Waals surface area contributed by atoms with E-state index >= 15 is 0 Å². The van der Waals surface area contributed by atoms with Crippen LogP contribution in [0.15, 0.2) is 42.6 Å². The predicted molar refractivity (Wildman–Crippen MR) is 111 cm³/mol. The van der Waals surface area contributed by atoms with E-state index in [1.807, 2.05) is 0 Å². The molecule has 9 heteroatoms. The molecule has 0 aliphatic carbocycles. The van der Waals surface area contributed by atoms with Crippen LogP contribution in [-0.4, -0.2) is 54.7 Å². The highest BCUT2D eigenvalue weighted by molar-refractivity contribution is 6.40. The first-order valence-corrected chi connectivity index (χ1v) is 9.52. The maximum Gasteiger partial charge on any atom is 0.407 e. The topological polar surface area (TPSA) is 113 Å². The Hall–Kier alpha value is -3.62. The number of methoxy groups -OCH3 is 2. The van der Waals surface area contributed by atoms with Crippen molar-refractivity contribution in [1.82, 2.24) is 9.88 Å². The van der Waals surface area contributed by atoms with Crippen LogP contribution < -0.4 is 5.32 Å². The van der Waals surface area contributed by atoms with E-state index in [1.54, 1.807) is 61.9 Å². The van der Waals surface area contributed by atoms with Gasteiger partial charge in [-0.15, -0.1) is 0 Å². The molecule has 0 bridgehead atoms. The molecule has 166 valence electrons. The minimum Gasteiger partial charge on any atom is -0.465 e. The Kier molecular flexibility index (Phi) is 7.57. The largest absolute Gasteiger partial charge is 0.465 e. The molecule has 1 N–H and O–H groups in total. The highest BCUT2D eigenvalue weighted by atomic mass is 16.6. The van der Waals surface area contributed by atoms with Gasteiger partial charge in [0.2, 0.25) is 0 Å². The second-order valence-corrected chi connectivity index (χ2v) is 7.63. The van der Waals surface area contributed by atoms with Crippen molar-refractivity contribution in [2.24, 2.45) is 0 Å². The zero-order chi connectivity index (χ0) is 23.2. The number of rotatable bonds is 7. The van der Waals surface area contributed by atoms with E-state index in [1.165, 1.54) is 13.2 Å². The van der Waals surface area contributed by atoms with Crippen LogP contribution in [0.2, 0.25) is 0 Å². The number of hydrogen-bond donors (Lipinski definition) is 1. The molecule has 1 atom stereocenters. The van der Waals surface area contributed by atoms with E-state index < -0.39 is 35.5 Å². The number of hydrogen-bond acceptors (Lipinski definition) is 7. The summed E-state index contributed by atoms with van der Waals surface area (Å²) in [7, 11) is 2.41. The van der Waals surface area contributed by atoms with Gasteiger partial charge in [-0.05, 0) is 50.6 Å². The van der Waals surface area contributed by atoms with E-state index in [-0.39, 0.29) is 12.2 Å². The lowest BCUT2D eigenvalue weighted by Crippen LogP contribution is -2.36. The monoisotopic (exact) mass is 430 g/mol. The normalized spacial score (nSPS) is 11.9. The third-order valence-electron chi connectivity index (χ3n) is 4.27. The number of benzene rings is 1. The molecule has 1 unspecified atom stereocenters. The summed E-state index contributed by atoms with van der Waals surface area (Å²) in [6, 6.07) is 9.04. The average Bonchev–Trinajstić information content (AvgIpc) is 3.20. The van der Waals surface area contributed by atoms with Gasteiger partial charge in [-0.1, -0.05) is 12.1 Å². The quantitative estimate of drug-likeness (QED) is 0.311. The van der Waals surface area contributed by atoms with E-state index in [9.17, 15) is 19.2 Å². The summed E-state index contributed by atoms with van der Waals surface area (Å²) in [6.45, 7) is 5.29. The Morgan fingerprint density at radius 3 is 2.19 bits per heavy atom. The molecule has 1 heterocycles. The van der Waals surface area contributed by atoms with Gasteiger partial charge in [0, 0.05) is 12.7 Å². The second kappa shape index (κ2) is 9.92. The van der Waals surface area contributed by atoms with Gasteiger partial charge in [0.25, 0.3) is 5.78 Å². The molecule has 0 aliphatic rings. The van der Waals surface area contributed by atoms with Gasteiger partial charge in [-0.2, -0.15) is 0 Å². The zero-order valence-corrected chi connectivity index (χ0v) is 18.1. The third-order valence-corrected chi connectivity index (χ3v) is 4.27. The number of nitrogens with zero attached hydrogens (tertiary/aromatic N) is 1. The molecule has 9 nitrogen and oxygen atoms in total. The summed E-state index contributed by atoms with van der Waals surface area (Å²) in [4.78, 5) is 48.1. The molecule has 1 aromatic heterocycles. The van der Waals surface area contributed by atoms with Gasteiger partial charge < -0.3 is 24.1 Å². The molecule has 0 aliphatic heterocycles. The molecule has 0 saturated heterocycles. The van der Waals surface area contributed by atoms with E-state index in [0.717, 1.165) is 7.11 Å². The highest BCUT2D eigenvalue weighted by Gasteiger charge is 2.26. The van der Waals surface area contributed by atoms with Gasteiger partial charge >= 0.3 is 18.0 Å². The first kappa shape index (κ1) is 23.7. The summed E-state index contributed by atoms with van der Waals surface area (Å²) in [5, 5.41) is 2.68. The molecule has 0 spiro atoms. The first-order chi connectivity index (χ1) is 14.6. The lowest BCUT2D eigenvalue weighted by Gasteiger charge is -2.24. The molecule has 0 fully saturated rings. The number of nitrogens with one attached hydrogen (secondary N) is 1. The Labute approximate surface area is 180 Å². The van der Waals surface area contributed by atoms with Crippen molar-refractivity contribution in [2.45, 2.75) is 32.4 Å². The molecule has 1 amide bonds. The van der Waals surface area contributed by atoms with Crippen LogP contribution in [0.5, 0.6) is 0 Å². The van der Waals surface area contributed by atoms with E-state index in [2.05, 4.69) is 10.1 Å². The van der Waals surface area contributed by atoms with Crippen molar-refractivity contribution in [3.63, 3.8) is 0 Å². The smallest absolute Gasteiger partial charge is 0.407 e. The van der Waals surface area contributed by atoms with Crippen LogP contribution >= 0.6 is 0 Å². The van der Waals surface area contributed by atoms with Crippen LogP contribution in [0, 0.1) is 0 Å². The number of alkyl carbamates (subject to hydrolysis) is 1. The minimum atomic E-state index is -1.00. The van der Waals surface area contributed by atoms with E-state index in [0.29, 0.717) is 11.1 Å². The van der Waals surface area contributed by atoms with Gasteiger partial charge in [-0.25, -0.2) is 14.4 Å². The SMILES string of the molecule is COC(=O)C(=O)c1cccn1C(CNC(=O)OC(C)(C)C)c1ccc(C(=O)OC)cc1. The Morgan fingerprint density at radius 2 is 1.65 bits per heavy atom. The molecule has 31 heavy (non-hydrogen) atoms. The van der Waals surface area contributed by atoms with Crippen LogP contribution in [0.4, 0.5) is 4.79 Å². The van der Waals surface area contributed by atoms with E-state index in [4.69, 9.17) is 9.47 Å². The van der Waals surface area contributed by atoms with Crippen molar-refractivity contribution in [1.29, 1.82) is 0 Å². The number of esters is 2. The summed E-state index contributed by atoms with van der Waals surface area (Å²) in [5.74, 6) is -2.31. The van der Waals surface area contributed by atoms with Gasteiger partial charge in [0.15, 0.2) is 0 Å². The van der Waals surface area contributed by atoms with Crippen LogP contribution in [0.25, 0.3) is 0 Å². The molecule has 1 aromatic carbocycles. The molecule has 0 saturated carbocycles. The van der Waals surface area contributed by atoms with Gasteiger partial charge in [0.05, 0.1) is 31.5 Å². The summed E-state index contributed by atoms with van der Waals surface area (Å²) in [5.41, 5.74) is 0.448. The lowest BCUT2D eigenvalue weighted by atomic mass is 10.0. The van der Waals surface area contributed by atoms with Gasteiger partial charge in [0.1, 0.15) is 5.60 Å². The number of carbonyl (C=O) groups is 4. The minimum absolute atomic E-state index is 0.0582. The number of amides is 1. The molecule has 2 rings (SSSR count). The number of ether oxygens (including phenoxy) is 3. The fraction of sp³-hybridized carbons (Fsp3) is 0.364. The number of aromatic nitrogens is 1. The van der Waals surface area contributed by atoms with Crippen molar-refractivity contribution >= 4 is 23.8 Å². The first-order valence-electron chi connectivity index (χ1n) is 9.52. The Balaban J connectivity index is 2.39. The van der Waals surface area contributed by atoms with Crippen molar-refractivity contribution in [3.8, 4) is 0 Å². The predicted octanol–water partition coefficient (Wildman–Crippen LogP) is 2.74. The Bertz CT molecular complexity index is 955. The lowest BCUT2D eigenvalue weighted by molar-refractivity contribution is -0.135. The highest BCUT2D eigenvalue weighted by Crippen LogP contribution is 2.22. The molecule has 0 radical (unpaired) electrons. The zero-order valence-electron chi connectivity index (χ0n) is 18.1. The third kappa shape index (κ3) is 6.18. The maximum atomic E-state index is 12.4. The van der Waals surface area contributed by atoms with Crippen LogP contribution in [-0.2, 0) is 19.0 Å². The average molecular weight is 430 g/mol. The van der Waals surface area contributed by atoms with Crippen LogP contribution in [0.1, 0.15) is 53.2 Å². The standard InChI is InChI=1S/C22H26N2O7/c1-22(2,3)31-21(28)23-13-17(14-8-10-15(11-9-14)19(26)29-4)24-12-6-7-16(24)18(25)20(27)30-5/h6-12,17H,13H2,1-5H3,(H,23,28). The van der Waals surface area contributed by atoms with Crippen molar-refractivity contribution in [2.75, 3.05) is 20.8 Å².